The maximum Gasteiger partial charge on any atom is 0.274 e. The van der Waals surface area contributed by atoms with Crippen molar-refractivity contribution < 1.29 is 9.47 Å². The first-order chi connectivity index (χ1) is 10.3. The molecule has 22 heavy (non-hydrogen) atoms. The van der Waals surface area contributed by atoms with Gasteiger partial charge in [-0.25, -0.2) is 0 Å². The van der Waals surface area contributed by atoms with Crippen molar-refractivity contribution in [1.29, 1.82) is 0 Å². The minimum Gasteiger partial charge on any atom is -0.497 e. The highest BCUT2D eigenvalue weighted by atomic mass is 16.5. The molecule has 0 radical (unpaired) electrons. The fraction of sp³-hybridized carbons (Fsp3) is 0.400. The lowest BCUT2D eigenvalue weighted by Gasteiger charge is -2.16. The predicted molar refractivity (Wildman–Crippen MR) is 84.2 cm³/mol. The largest absolute Gasteiger partial charge is 0.497 e. The van der Waals surface area contributed by atoms with Crippen LogP contribution >= 0.6 is 0 Å². The number of anilines is 2. The van der Waals surface area contributed by atoms with E-state index in [0.717, 1.165) is 0 Å². The number of aromatic amines is 1. The quantitative estimate of drug-likeness (QED) is 0.900. The maximum atomic E-state index is 12.1. The van der Waals surface area contributed by atoms with Gasteiger partial charge in [0.2, 0.25) is 5.95 Å². The molecule has 0 amide bonds. The first kappa shape index (κ1) is 15.8. The van der Waals surface area contributed by atoms with E-state index in [4.69, 9.17) is 9.47 Å². The number of rotatable bonds is 4. The molecule has 1 aromatic heterocycles. The Balaban J connectivity index is 2.32. The van der Waals surface area contributed by atoms with Crippen molar-refractivity contribution in [3.63, 3.8) is 0 Å². The molecule has 2 rings (SSSR count). The molecule has 0 unspecified atom stereocenters. The van der Waals surface area contributed by atoms with Gasteiger partial charge in [-0.15, -0.1) is 10.2 Å². The molecule has 0 aliphatic rings. The number of ether oxygens (including phenoxy) is 2. The molecule has 1 heterocycles. The van der Waals surface area contributed by atoms with Crippen LogP contribution in [0.4, 0.5) is 11.6 Å². The Morgan fingerprint density at radius 3 is 2.41 bits per heavy atom. The third-order valence-electron chi connectivity index (χ3n) is 3.07. The van der Waals surface area contributed by atoms with Crippen molar-refractivity contribution in [1.82, 2.24) is 15.2 Å². The lowest BCUT2D eigenvalue weighted by Crippen LogP contribution is -2.28. The lowest BCUT2D eigenvalue weighted by atomic mass is 9.93. The van der Waals surface area contributed by atoms with E-state index >= 15 is 0 Å². The Bertz CT molecular complexity index is 719. The molecule has 7 heteroatoms. The number of benzene rings is 1. The molecule has 0 aliphatic carbocycles. The van der Waals surface area contributed by atoms with Crippen LogP contribution in [0.1, 0.15) is 26.5 Å². The first-order valence-corrected chi connectivity index (χ1v) is 6.81. The molecule has 118 valence electrons. The van der Waals surface area contributed by atoms with Crippen LogP contribution < -0.4 is 20.3 Å². The molecule has 0 saturated carbocycles. The van der Waals surface area contributed by atoms with Crippen LogP contribution in [-0.2, 0) is 5.41 Å². The summed E-state index contributed by atoms with van der Waals surface area (Å²) >= 11 is 0. The second-order valence-corrected chi connectivity index (χ2v) is 5.79. The van der Waals surface area contributed by atoms with Gasteiger partial charge in [0.05, 0.1) is 19.9 Å². The standard InChI is InChI=1S/C15H20N4O3/c1-15(2,3)12-13(20)17-14(19-18-12)16-10-7-6-9(21-4)8-11(10)22-5/h6-8H,1-5H3,(H2,16,17,19,20). The average molecular weight is 304 g/mol. The van der Waals surface area contributed by atoms with Crippen LogP contribution in [0.25, 0.3) is 0 Å². The fourth-order valence-corrected chi connectivity index (χ4v) is 1.91. The summed E-state index contributed by atoms with van der Waals surface area (Å²) in [6.07, 6.45) is 0. The van der Waals surface area contributed by atoms with Gasteiger partial charge >= 0.3 is 0 Å². The van der Waals surface area contributed by atoms with Gasteiger partial charge in [0, 0.05) is 11.5 Å². The molecule has 2 aromatic rings. The summed E-state index contributed by atoms with van der Waals surface area (Å²) in [5.74, 6) is 1.49. The van der Waals surface area contributed by atoms with Crippen LogP contribution in [0, 0.1) is 0 Å². The molecule has 0 atom stereocenters. The van der Waals surface area contributed by atoms with E-state index in [-0.39, 0.29) is 16.9 Å². The number of hydrogen-bond donors (Lipinski definition) is 2. The summed E-state index contributed by atoms with van der Waals surface area (Å²) in [5, 5.41) is 11.0. The smallest absolute Gasteiger partial charge is 0.274 e. The monoisotopic (exact) mass is 304 g/mol. The topological polar surface area (TPSA) is 89.1 Å². The molecular formula is C15H20N4O3. The highest BCUT2D eigenvalue weighted by Gasteiger charge is 2.20. The Morgan fingerprint density at radius 1 is 1.14 bits per heavy atom. The molecule has 0 fully saturated rings. The SMILES string of the molecule is COc1ccc(Nc2nnc(C(C)(C)C)c(=O)[nH]2)c(OC)c1. The van der Waals surface area contributed by atoms with E-state index in [9.17, 15) is 4.79 Å². The van der Waals surface area contributed by atoms with E-state index in [2.05, 4.69) is 20.5 Å². The maximum absolute atomic E-state index is 12.1. The lowest BCUT2D eigenvalue weighted by molar-refractivity contribution is 0.395. The zero-order chi connectivity index (χ0) is 16.3. The summed E-state index contributed by atoms with van der Waals surface area (Å²) in [6, 6.07) is 5.28. The van der Waals surface area contributed by atoms with Crippen molar-refractivity contribution >= 4 is 11.6 Å². The van der Waals surface area contributed by atoms with Gasteiger partial charge in [-0.1, -0.05) is 20.8 Å². The fourth-order valence-electron chi connectivity index (χ4n) is 1.91. The predicted octanol–water partition coefficient (Wildman–Crippen LogP) is 2.22. The van der Waals surface area contributed by atoms with Crippen molar-refractivity contribution in [2.45, 2.75) is 26.2 Å². The zero-order valence-corrected chi connectivity index (χ0v) is 13.4. The summed E-state index contributed by atoms with van der Waals surface area (Å²) in [4.78, 5) is 14.8. The molecule has 0 bridgehead atoms. The van der Waals surface area contributed by atoms with Crippen molar-refractivity contribution in [2.75, 3.05) is 19.5 Å². The van der Waals surface area contributed by atoms with E-state index in [0.29, 0.717) is 22.9 Å². The van der Waals surface area contributed by atoms with Gasteiger partial charge in [-0.2, -0.15) is 0 Å². The summed E-state index contributed by atoms with van der Waals surface area (Å²) in [5.41, 5.74) is 0.408. The summed E-state index contributed by atoms with van der Waals surface area (Å²) in [7, 11) is 3.13. The molecular weight excluding hydrogens is 284 g/mol. The van der Waals surface area contributed by atoms with Crippen molar-refractivity contribution in [3.05, 3.63) is 34.2 Å². The van der Waals surface area contributed by atoms with Crippen LogP contribution in [0.15, 0.2) is 23.0 Å². The number of methoxy groups -OCH3 is 2. The van der Waals surface area contributed by atoms with Crippen LogP contribution in [0.5, 0.6) is 11.5 Å². The minimum atomic E-state index is -0.364. The molecule has 2 N–H and O–H groups in total. The molecule has 1 aromatic carbocycles. The average Bonchev–Trinajstić information content (AvgIpc) is 2.46. The van der Waals surface area contributed by atoms with Crippen LogP contribution in [-0.4, -0.2) is 29.4 Å². The summed E-state index contributed by atoms with van der Waals surface area (Å²) < 4.78 is 10.4. The van der Waals surface area contributed by atoms with Gasteiger partial charge in [0.15, 0.2) is 0 Å². The van der Waals surface area contributed by atoms with Gasteiger partial charge in [-0.3, -0.25) is 9.78 Å². The third kappa shape index (κ3) is 3.36. The van der Waals surface area contributed by atoms with E-state index in [1.54, 1.807) is 32.4 Å². The molecule has 0 saturated heterocycles. The summed E-state index contributed by atoms with van der Waals surface area (Å²) in [6.45, 7) is 5.73. The minimum absolute atomic E-state index is 0.251. The Hall–Kier alpha value is -2.57. The highest BCUT2D eigenvalue weighted by Crippen LogP contribution is 2.30. The van der Waals surface area contributed by atoms with Gasteiger partial charge in [-0.05, 0) is 12.1 Å². The normalized spacial score (nSPS) is 11.1. The zero-order valence-electron chi connectivity index (χ0n) is 13.4. The first-order valence-electron chi connectivity index (χ1n) is 6.81. The van der Waals surface area contributed by atoms with E-state index in [1.807, 2.05) is 20.8 Å². The number of H-pyrrole nitrogens is 1. The number of aromatic nitrogens is 3. The van der Waals surface area contributed by atoms with Crippen molar-refractivity contribution in [2.24, 2.45) is 0 Å². The highest BCUT2D eigenvalue weighted by molar-refractivity contribution is 5.64. The van der Waals surface area contributed by atoms with Crippen LogP contribution in [0.3, 0.4) is 0 Å². The van der Waals surface area contributed by atoms with Gasteiger partial charge in [0.1, 0.15) is 17.2 Å². The second-order valence-electron chi connectivity index (χ2n) is 5.79. The number of nitrogens with zero attached hydrogens (tertiary/aromatic N) is 2. The van der Waals surface area contributed by atoms with Crippen LogP contribution in [0.2, 0.25) is 0 Å². The molecule has 0 aliphatic heterocycles. The third-order valence-corrected chi connectivity index (χ3v) is 3.07. The van der Waals surface area contributed by atoms with Gasteiger partial charge in [0.25, 0.3) is 5.56 Å². The Morgan fingerprint density at radius 2 is 1.86 bits per heavy atom. The molecule has 0 spiro atoms. The molecule has 7 nitrogen and oxygen atoms in total. The van der Waals surface area contributed by atoms with Gasteiger partial charge < -0.3 is 14.8 Å². The number of nitrogens with one attached hydrogen (secondary N) is 2. The van der Waals surface area contributed by atoms with Crippen molar-refractivity contribution in [3.8, 4) is 11.5 Å². The Kier molecular flexibility index (Phi) is 4.35. The van der Waals surface area contributed by atoms with E-state index in [1.165, 1.54) is 0 Å². The number of hydrogen-bond acceptors (Lipinski definition) is 6. The second kappa shape index (κ2) is 6.05. The van der Waals surface area contributed by atoms with E-state index < -0.39 is 0 Å². The Labute approximate surface area is 128 Å².